The van der Waals surface area contributed by atoms with Gasteiger partial charge >= 0.3 is 0 Å². The smallest absolute Gasteiger partial charge is 0.259 e. The van der Waals surface area contributed by atoms with Crippen molar-refractivity contribution in [3.05, 3.63) is 59.9 Å². The fraction of sp³-hybridized carbons (Fsp3) is 0.552. The number of allylic oxidation sites excluding steroid dienone is 7. The van der Waals surface area contributed by atoms with E-state index in [1.807, 2.05) is 12.2 Å². The summed E-state index contributed by atoms with van der Waals surface area (Å²) in [5.74, 6) is 2.94. The summed E-state index contributed by atoms with van der Waals surface area (Å²) < 4.78 is 0. The molecule has 0 radical (unpaired) electrons. The Bertz CT molecular complexity index is 1050. The lowest BCUT2D eigenvalue weighted by Gasteiger charge is -2.55. The molecule has 2 aliphatic heterocycles. The second-order valence-electron chi connectivity index (χ2n) is 10.9. The van der Waals surface area contributed by atoms with Crippen LogP contribution in [-0.4, -0.2) is 35.3 Å². The van der Waals surface area contributed by atoms with Crippen molar-refractivity contribution in [2.24, 2.45) is 47.3 Å². The van der Waals surface area contributed by atoms with Crippen LogP contribution in [0.1, 0.15) is 39.5 Å². The third-order valence-electron chi connectivity index (χ3n) is 9.26. The number of hydrogen-bond acceptors (Lipinski definition) is 4. The van der Waals surface area contributed by atoms with E-state index < -0.39 is 11.9 Å². The summed E-state index contributed by atoms with van der Waals surface area (Å²) in [5, 5.41) is 16.2. The lowest BCUT2D eigenvalue weighted by atomic mass is 9.49. The van der Waals surface area contributed by atoms with E-state index in [9.17, 15) is 19.5 Å². The second-order valence-corrected chi connectivity index (χ2v) is 10.9. The van der Waals surface area contributed by atoms with Crippen molar-refractivity contribution in [1.29, 1.82) is 0 Å². The highest BCUT2D eigenvalue weighted by Crippen LogP contribution is 2.65. The van der Waals surface area contributed by atoms with E-state index in [-0.39, 0.29) is 34.9 Å². The molecule has 1 unspecified atom stereocenters. The maximum atomic E-state index is 12.8. The molecule has 5 rings (SSSR count). The quantitative estimate of drug-likeness (QED) is 0.396. The SMILES string of the molecule is CC[C@H]1C[C@H]2[C@H]3[C@@H]4C=CC=CC(=O)NCCCC5NC(=O)C(=C(O)C=C[C@H]4C=C[C@H]3[C@H]2[C@H]1C)C5=O. The first-order chi connectivity index (χ1) is 16.9. The molecule has 0 spiro atoms. The number of fused-ring (bicyclic) bond motifs is 8. The van der Waals surface area contributed by atoms with Gasteiger partial charge < -0.3 is 15.7 Å². The van der Waals surface area contributed by atoms with Crippen molar-refractivity contribution in [2.75, 3.05) is 6.54 Å². The molecule has 5 aliphatic rings. The Labute approximate surface area is 207 Å². The number of ketones is 1. The average Bonchev–Trinajstić information content (AvgIpc) is 3.27. The van der Waals surface area contributed by atoms with E-state index in [1.165, 1.54) is 25.0 Å². The molecule has 9 atom stereocenters. The summed E-state index contributed by atoms with van der Waals surface area (Å²) in [7, 11) is 0. The Morgan fingerprint density at radius 3 is 2.63 bits per heavy atom. The number of hydrogen-bond donors (Lipinski definition) is 3. The van der Waals surface area contributed by atoms with Crippen LogP contribution in [0.2, 0.25) is 0 Å². The van der Waals surface area contributed by atoms with Crippen LogP contribution in [0.4, 0.5) is 0 Å². The molecule has 1 saturated heterocycles. The minimum Gasteiger partial charge on any atom is -0.507 e. The highest BCUT2D eigenvalue weighted by molar-refractivity contribution is 6.27. The highest BCUT2D eigenvalue weighted by atomic mass is 16.3. The molecule has 3 N–H and O–H groups in total. The van der Waals surface area contributed by atoms with Gasteiger partial charge in [0.25, 0.3) is 5.91 Å². The Balaban J connectivity index is 1.47. The van der Waals surface area contributed by atoms with E-state index in [0.29, 0.717) is 37.1 Å². The molecule has 2 heterocycles. The molecule has 6 nitrogen and oxygen atoms in total. The lowest BCUT2D eigenvalue weighted by molar-refractivity contribution is -0.118. The zero-order valence-corrected chi connectivity index (χ0v) is 20.5. The van der Waals surface area contributed by atoms with Crippen LogP contribution in [0.25, 0.3) is 0 Å². The van der Waals surface area contributed by atoms with Crippen molar-refractivity contribution in [2.45, 2.75) is 45.6 Å². The van der Waals surface area contributed by atoms with E-state index >= 15 is 0 Å². The van der Waals surface area contributed by atoms with Gasteiger partial charge in [0, 0.05) is 18.5 Å². The standard InChI is InChI=1S/C29H36N2O4/c1-3-17-15-21-25(16(17)2)20-12-10-18-11-13-23(32)27-28(34)22(31-29(27)35)8-6-14-30-24(33)9-5-4-7-19(18)26(20)21/h4-5,7,9-13,16-22,25-26,32H,3,6,8,14-15H2,1-2H3,(H,30,33)(H,31,35)/t16-,17-,18+,19+,20-,21+,22?,25+,26-/m0/s1. The molecule has 2 bridgehead atoms. The first-order valence-electron chi connectivity index (χ1n) is 13.2. The van der Waals surface area contributed by atoms with Gasteiger partial charge in [-0.15, -0.1) is 0 Å². The molecule has 0 aromatic heterocycles. The van der Waals surface area contributed by atoms with Gasteiger partial charge in [0.1, 0.15) is 11.3 Å². The van der Waals surface area contributed by atoms with Crippen LogP contribution >= 0.6 is 0 Å². The van der Waals surface area contributed by atoms with Gasteiger partial charge in [-0.25, -0.2) is 0 Å². The van der Waals surface area contributed by atoms with Crippen molar-refractivity contribution in [3.8, 4) is 0 Å². The molecule has 0 aromatic carbocycles. The fourth-order valence-electron chi connectivity index (χ4n) is 7.53. The van der Waals surface area contributed by atoms with Crippen molar-refractivity contribution >= 4 is 17.6 Å². The van der Waals surface area contributed by atoms with Crippen molar-refractivity contribution in [1.82, 2.24) is 10.6 Å². The number of rotatable bonds is 1. The molecule has 186 valence electrons. The van der Waals surface area contributed by atoms with Crippen LogP contribution in [0.15, 0.2) is 59.9 Å². The number of nitrogens with one attached hydrogen (secondary N) is 2. The Hall–Kier alpha value is -2.89. The van der Waals surface area contributed by atoms with Crippen LogP contribution in [-0.2, 0) is 14.4 Å². The molecule has 0 aromatic rings. The van der Waals surface area contributed by atoms with Crippen LogP contribution in [0, 0.1) is 47.3 Å². The van der Waals surface area contributed by atoms with E-state index in [4.69, 9.17) is 0 Å². The van der Waals surface area contributed by atoms with E-state index in [1.54, 1.807) is 6.08 Å². The number of aliphatic hydroxyl groups excluding tert-OH is 1. The molecular formula is C29H36N2O4. The number of carbonyl (C=O) groups excluding carboxylic acids is 3. The second kappa shape index (κ2) is 9.63. The normalized spacial score (nSPS) is 41.0. The van der Waals surface area contributed by atoms with Crippen LogP contribution in [0.5, 0.6) is 0 Å². The summed E-state index contributed by atoms with van der Waals surface area (Å²) in [5.41, 5.74) is -0.162. The summed E-state index contributed by atoms with van der Waals surface area (Å²) >= 11 is 0. The highest BCUT2D eigenvalue weighted by Gasteiger charge is 2.60. The third kappa shape index (κ3) is 4.21. The molecule has 3 fully saturated rings. The minimum atomic E-state index is -0.663. The van der Waals surface area contributed by atoms with Crippen molar-refractivity contribution < 1.29 is 19.5 Å². The summed E-state index contributed by atoms with van der Waals surface area (Å²) in [6.45, 7) is 5.12. The Morgan fingerprint density at radius 2 is 1.83 bits per heavy atom. The Kier molecular flexibility index (Phi) is 6.56. The van der Waals surface area contributed by atoms with Crippen LogP contribution < -0.4 is 10.6 Å². The first kappa shape index (κ1) is 23.8. The molecule has 2 amide bonds. The van der Waals surface area contributed by atoms with Gasteiger partial charge in [-0.1, -0.05) is 56.7 Å². The van der Waals surface area contributed by atoms with Crippen molar-refractivity contribution in [3.63, 3.8) is 0 Å². The summed E-state index contributed by atoms with van der Waals surface area (Å²) in [6.07, 6.45) is 19.0. The zero-order chi connectivity index (χ0) is 24.7. The number of amides is 2. The average molecular weight is 477 g/mol. The van der Waals surface area contributed by atoms with Gasteiger partial charge in [0.15, 0.2) is 5.78 Å². The number of carbonyl (C=O) groups is 3. The molecular weight excluding hydrogens is 440 g/mol. The minimum absolute atomic E-state index is 0.0421. The summed E-state index contributed by atoms with van der Waals surface area (Å²) in [6, 6.07) is -0.663. The maximum Gasteiger partial charge on any atom is 0.259 e. The first-order valence-corrected chi connectivity index (χ1v) is 13.2. The topological polar surface area (TPSA) is 95.5 Å². The molecule has 6 heteroatoms. The maximum absolute atomic E-state index is 12.8. The van der Waals surface area contributed by atoms with Gasteiger partial charge in [0.2, 0.25) is 5.91 Å². The fourth-order valence-corrected chi connectivity index (χ4v) is 7.53. The third-order valence-corrected chi connectivity index (χ3v) is 9.26. The molecule has 3 aliphatic carbocycles. The summed E-state index contributed by atoms with van der Waals surface area (Å²) in [4.78, 5) is 37.4. The van der Waals surface area contributed by atoms with Gasteiger partial charge in [-0.2, -0.15) is 0 Å². The predicted octanol–water partition coefficient (Wildman–Crippen LogP) is 3.79. The number of Topliss-reactive ketones (excluding diaryl/α,β-unsaturated/α-hetero) is 1. The van der Waals surface area contributed by atoms with E-state index in [2.05, 4.69) is 42.7 Å². The predicted molar refractivity (Wildman–Crippen MR) is 134 cm³/mol. The number of aliphatic hydroxyl groups is 1. The molecule has 2 saturated carbocycles. The monoisotopic (exact) mass is 476 g/mol. The van der Waals surface area contributed by atoms with Gasteiger partial charge in [0.05, 0.1) is 6.04 Å². The largest absolute Gasteiger partial charge is 0.507 e. The van der Waals surface area contributed by atoms with Crippen LogP contribution in [0.3, 0.4) is 0 Å². The van der Waals surface area contributed by atoms with Gasteiger partial charge in [-0.05, 0) is 66.8 Å². The lowest BCUT2D eigenvalue weighted by Crippen LogP contribution is -2.51. The van der Waals surface area contributed by atoms with Gasteiger partial charge in [-0.3, -0.25) is 14.4 Å². The molecule has 35 heavy (non-hydrogen) atoms. The zero-order valence-electron chi connectivity index (χ0n) is 20.5. The Morgan fingerprint density at radius 1 is 1.00 bits per heavy atom. The van der Waals surface area contributed by atoms with E-state index in [0.717, 1.165) is 17.8 Å².